The van der Waals surface area contributed by atoms with E-state index in [-0.39, 0.29) is 19.9 Å². The Kier molecular flexibility index (Phi) is 9.45. The topological polar surface area (TPSA) is 319 Å². The van der Waals surface area contributed by atoms with Crippen LogP contribution in [0.2, 0.25) is 0 Å². The molecule has 238 valence electrons. The van der Waals surface area contributed by atoms with Crippen LogP contribution in [0.25, 0.3) is 0 Å². The number of hydrogen-bond acceptors (Lipinski definition) is 16. The molecule has 23 heteroatoms. The minimum Gasteiger partial charge on any atom is -0.492 e. The number of rotatable bonds is 12. The summed E-state index contributed by atoms with van der Waals surface area (Å²) in [6, 6.07) is -2.22. The molecule has 21 nitrogen and oxygen atoms in total. The highest BCUT2D eigenvalue weighted by atomic mass is 32.2. The molecule has 3 rings (SSSR count). The first-order valence-electron chi connectivity index (χ1n) is 11.7. The molecule has 8 N–H and O–H groups in total. The van der Waals surface area contributed by atoms with Gasteiger partial charge in [-0.15, -0.1) is 16.1 Å². The van der Waals surface area contributed by atoms with Gasteiger partial charge < -0.3 is 41.4 Å². The van der Waals surface area contributed by atoms with Gasteiger partial charge in [-0.1, -0.05) is 5.16 Å². The highest BCUT2D eigenvalue weighted by molar-refractivity contribution is 7.84. The number of carboxylic acids is 1. The van der Waals surface area contributed by atoms with E-state index in [2.05, 4.69) is 15.5 Å². The quantitative estimate of drug-likeness (QED) is 0.0295. The fourth-order valence-corrected chi connectivity index (χ4v) is 4.73. The van der Waals surface area contributed by atoms with E-state index in [0.717, 1.165) is 25.2 Å². The average molecular weight is 662 g/mol. The summed E-state index contributed by atoms with van der Waals surface area (Å²) < 4.78 is 37.7. The predicted molar refractivity (Wildman–Crippen MR) is 143 cm³/mol. The van der Waals surface area contributed by atoms with E-state index >= 15 is 0 Å². The number of nitrogens with two attached hydrogens (primary N) is 1. The zero-order chi connectivity index (χ0) is 33.1. The van der Waals surface area contributed by atoms with Crippen molar-refractivity contribution in [3.8, 4) is 5.88 Å². The molecular formula is C21H23N7O14S2. The molecule has 0 aromatic carbocycles. The van der Waals surface area contributed by atoms with Gasteiger partial charge >= 0.3 is 22.2 Å². The number of nitrogen functional groups attached to an aromatic ring is 1. The van der Waals surface area contributed by atoms with Crippen molar-refractivity contribution >= 4 is 62.1 Å². The standard InChI is InChI=1S/C21H23N7O14S2/c1-21(2,19(35)36)42-26-14(9-7-43-20(22)24-9)17(33)25-15-11(28(18(15)34)44(38,39)40)6-41-13(31)5-23-16(32)10-3-8(29)4-12(30)27(10)37/h3-4,7,11,15,30,37H,5-6H2,1-2H3,(H2,22,24)(H,23,32)(H,25,33)(H,35,36)(H,38,39,40)/t11-,15+/m1/s1. The van der Waals surface area contributed by atoms with E-state index in [1.807, 2.05) is 5.32 Å². The summed E-state index contributed by atoms with van der Waals surface area (Å²) in [5, 5.41) is 37.2. The fourth-order valence-electron chi connectivity index (χ4n) is 3.32. The van der Waals surface area contributed by atoms with Crippen molar-refractivity contribution in [2.45, 2.75) is 31.5 Å². The van der Waals surface area contributed by atoms with Crippen molar-refractivity contribution in [1.29, 1.82) is 0 Å². The van der Waals surface area contributed by atoms with Gasteiger partial charge in [0.25, 0.3) is 17.7 Å². The van der Waals surface area contributed by atoms with Crippen LogP contribution in [0.4, 0.5) is 5.13 Å². The number of ether oxygens (including phenoxy) is 1. The van der Waals surface area contributed by atoms with Crippen molar-refractivity contribution in [3.05, 3.63) is 39.1 Å². The second kappa shape index (κ2) is 12.5. The number of carboxylic acid groups (broad SMARTS) is 1. The molecular weight excluding hydrogens is 638 g/mol. The number of nitrogens with one attached hydrogen (secondary N) is 2. The molecule has 1 aliphatic heterocycles. The lowest BCUT2D eigenvalue weighted by atomic mass is 9.99. The molecule has 2 aromatic heterocycles. The summed E-state index contributed by atoms with van der Waals surface area (Å²) in [6.45, 7) is 0.344. The van der Waals surface area contributed by atoms with Crippen LogP contribution in [0, 0.1) is 0 Å². The summed E-state index contributed by atoms with van der Waals surface area (Å²) in [4.78, 5) is 81.6. The van der Waals surface area contributed by atoms with Crippen molar-refractivity contribution in [3.63, 3.8) is 0 Å². The first-order valence-corrected chi connectivity index (χ1v) is 14.0. The number of aliphatic carboxylic acids is 1. The van der Waals surface area contributed by atoms with Gasteiger partial charge in [-0.3, -0.25) is 28.5 Å². The number of oxime groups is 1. The Morgan fingerprint density at radius 1 is 1.23 bits per heavy atom. The third kappa shape index (κ3) is 7.37. The smallest absolute Gasteiger partial charge is 0.362 e. The summed E-state index contributed by atoms with van der Waals surface area (Å²) in [6.07, 6.45) is 0. The van der Waals surface area contributed by atoms with E-state index in [1.165, 1.54) is 5.38 Å². The normalized spacial score (nSPS) is 16.9. The number of nitrogens with zero attached hydrogens (tertiary/aromatic N) is 4. The van der Waals surface area contributed by atoms with Gasteiger partial charge in [0.05, 0.1) is 0 Å². The van der Waals surface area contributed by atoms with Crippen LogP contribution in [0.15, 0.2) is 27.5 Å². The minimum atomic E-state index is -5.22. The molecule has 1 saturated heterocycles. The maximum Gasteiger partial charge on any atom is 0.362 e. The third-order valence-corrected chi connectivity index (χ3v) is 7.22. The molecule has 0 aliphatic carbocycles. The highest BCUT2D eigenvalue weighted by Crippen LogP contribution is 2.25. The van der Waals surface area contributed by atoms with Gasteiger partial charge in [0.2, 0.25) is 11.5 Å². The lowest BCUT2D eigenvalue weighted by Crippen LogP contribution is -2.73. The molecule has 0 bridgehead atoms. The van der Waals surface area contributed by atoms with Gasteiger partial charge in [0, 0.05) is 17.5 Å². The molecule has 44 heavy (non-hydrogen) atoms. The Labute approximate surface area is 249 Å². The lowest BCUT2D eigenvalue weighted by Gasteiger charge is -2.43. The van der Waals surface area contributed by atoms with Gasteiger partial charge in [-0.05, 0) is 13.8 Å². The van der Waals surface area contributed by atoms with E-state index in [9.17, 15) is 57.2 Å². The summed E-state index contributed by atoms with van der Waals surface area (Å²) in [5.41, 5.74) is 1.18. The van der Waals surface area contributed by atoms with Crippen LogP contribution in [0.3, 0.4) is 0 Å². The lowest BCUT2D eigenvalue weighted by molar-refractivity contribution is -0.161. The molecule has 0 saturated carbocycles. The zero-order valence-electron chi connectivity index (χ0n) is 22.4. The fraction of sp³-hybridized carbons (Fsp3) is 0.333. The first kappa shape index (κ1) is 33.2. The second-order valence-corrected chi connectivity index (χ2v) is 11.3. The van der Waals surface area contributed by atoms with Gasteiger partial charge in [-0.25, -0.2) is 14.1 Å². The highest BCUT2D eigenvalue weighted by Gasteiger charge is 2.55. The SMILES string of the molecule is CC(C)(ON=C(C(=O)N[C@@H]1C(=O)N(S(=O)(=O)O)[C@@H]1COC(=O)CNC(=O)c1cc(=O)cc(O)n1O)c1csc(N)n1)C(=O)O. The van der Waals surface area contributed by atoms with Crippen molar-refractivity contribution < 1.29 is 61.9 Å². The monoisotopic (exact) mass is 661 g/mol. The van der Waals surface area contributed by atoms with E-state index in [4.69, 9.17) is 15.3 Å². The molecule has 3 amide bonds. The number of carbonyl (C=O) groups is 5. The van der Waals surface area contributed by atoms with Crippen molar-refractivity contribution in [2.24, 2.45) is 5.16 Å². The zero-order valence-corrected chi connectivity index (χ0v) is 24.0. The van der Waals surface area contributed by atoms with E-state index in [0.29, 0.717) is 12.1 Å². The summed E-state index contributed by atoms with van der Waals surface area (Å²) >= 11 is 0.868. The van der Waals surface area contributed by atoms with Crippen LogP contribution in [-0.4, -0.2) is 109 Å². The second-order valence-electron chi connectivity index (χ2n) is 9.16. The van der Waals surface area contributed by atoms with Crippen molar-refractivity contribution in [1.82, 2.24) is 24.7 Å². The van der Waals surface area contributed by atoms with Crippen LogP contribution < -0.4 is 21.8 Å². The van der Waals surface area contributed by atoms with Gasteiger partial charge in [-0.2, -0.15) is 8.42 Å². The van der Waals surface area contributed by atoms with E-state index in [1.54, 1.807) is 0 Å². The maximum atomic E-state index is 13.1. The Morgan fingerprint density at radius 3 is 2.45 bits per heavy atom. The van der Waals surface area contributed by atoms with Crippen LogP contribution in [0.1, 0.15) is 30.0 Å². The third-order valence-electron chi connectivity index (χ3n) is 5.60. The van der Waals surface area contributed by atoms with Gasteiger partial charge in [0.15, 0.2) is 22.0 Å². The molecule has 1 aliphatic rings. The Morgan fingerprint density at radius 2 is 1.89 bits per heavy atom. The summed E-state index contributed by atoms with van der Waals surface area (Å²) in [7, 11) is -5.22. The number of thiazole rings is 1. The molecule has 2 atom stereocenters. The van der Waals surface area contributed by atoms with Crippen LogP contribution in [-0.2, 0) is 39.1 Å². The Hall–Kier alpha value is -5.29. The molecule has 1 fully saturated rings. The molecule has 3 heterocycles. The maximum absolute atomic E-state index is 13.1. The number of anilines is 1. The number of aromatic hydroxyl groups is 1. The number of esters is 1. The summed E-state index contributed by atoms with van der Waals surface area (Å²) in [5.74, 6) is -7.46. The number of pyridine rings is 1. The van der Waals surface area contributed by atoms with Gasteiger partial charge in [0.1, 0.15) is 30.9 Å². The number of carbonyl (C=O) groups excluding carboxylic acids is 4. The largest absolute Gasteiger partial charge is 0.492 e. The molecule has 0 radical (unpaired) electrons. The number of hydrogen-bond donors (Lipinski definition) is 7. The average Bonchev–Trinajstić information content (AvgIpc) is 3.34. The van der Waals surface area contributed by atoms with Crippen LogP contribution >= 0.6 is 11.3 Å². The number of amides is 3. The Balaban J connectivity index is 1.74. The molecule has 0 spiro atoms. The number of β-lactam (4-membered cyclic amide) rings is 1. The minimum absolute atomic E-state index is 0.0292. The number of aromatic nitrogens is 2. The van der Waals surface area contributed by atoms with Crippen molar-refractivity contribution in [2.75, 3.05) is 18.9 Å². The first-order chi connectivity index (χ1) is 20.3. The molecule has 0 unspecified atom stereocenters. The van der Waals surface area contributed by atoms with E-state index < -0.39 is 93.5 Å². The molecule has 2 aromatic rings. The Bertz CT molecular complexity index is 1710. The van der Waals surface area contributed by atoms with Crippen LogP contribution in [0.5, 0.6) is 5.88 Å². The predicted octanol–water partition coefficient (Wildman–Crippen LogP) is -3.11.